The van der Waals surface area contributed by atoms with Crippen molar-refractivity contribution in [3.05, 3.63) is 54.1 Å². The number of nitrogens with zero attached hydrogens (tertiary/aromatic N) is 2. The third-order valence-corrected chi connectivity index (χ3v) is 4.42. The molecular formula is C16H18BrN3O3. The smallest absolute Gasteiger partial charge is 0.335 e. The van der Waals surface area contributed by atoms with E-state index in [9.17, 15) is 14.7 Å². The molecule has 0 fully saturated rings. The highest BCUT2D eigenvalue weighted by molar-refractivity contribution is 9.10. The van der Waals surface area contributed by atoms with E-state index in [1.54, 1.807) is 12.1 Å². The fraction of sp³-hybridized carbons (Fsp3) is 0.312. The van der Waals surface area contributed by atoms with E-state index in [0.717, 1.165) is 20.2 Å². The summed E-state index contributed by atoms with van der Waals surface area (Å²) in [5.41, 5.74) is 0.855. The molecule has 2 rings (SSSR count). The third-order valence-electron chi connectivity index (χ3n) is 3.56. The van der Waals surface area contributed by atoms with Crippen LogP contribution in [-0.2, 0) is 0 Å². The summed E-state index contributed by atoms with van der Waals surface area (Å²) in [5.74, 6) is -0.423. The van der Waals surface area contributed by atoms with Crippen molar-refractivity contribution in [2.45, 2.75) is 33.7 Å². The van der Waals surface area contributed by atoms with E-state index < -0.39 is 17.1 Å². The maximum atomic E-state index is 12.2. The van der Waals surface area contributed by atoms with Gasteiger partial charge >= 0.3 is 5.69 Å². The second-order valence-electron chi connectivity index (χ2n) is 5.52. The maximum Gasteiger partial charge on any atom is 0.335 e. The molecule has 0 atom stereocenters. The first kappa shape index (κ1) is 17.2. The van der Waals surface area contributed by atoms with Crippen LogP contribution in [0.5, 0.6) is 5.88 Å². The van der Waals surface area contributed by atoms with E-state index in [4.69, 9.17) is 0 Å². The fourth-order valence-electron chi connectivity index (χ4n) is 2.12. The predicted molar refractivity (Wildman–Crippen MR) is 94.2 cm³/mol. The molecule has 1 heterocycles. The van der Waals surface area contributed by atoms with Crippen LogP contribution in [0.2, 0.25) is 0 Å². The summed E-state index contributed by atoms with van der Waals surface area (Å²) in [6.07, 6.45) is 1.29. The highest BCUT2D eigenvalue weighted by Gasteiger charge is 2.16. The first-order chi connectivity index (χ1) is 10.7. The number of benzene rings is 1. The first-order valence-electron chi connectivity index (χ1n) is 7.11. The van der Waals surface area contributed by atoms with Gasteiger partial charge in [0.2, 0.25) is 5.88 Å². The third kappa shape index (κ3) is 3.29. The Labute approximate surface area is 141 Å². The topological polar surface area (TPSA) is 87.4 Å². The summed E-state index contributed by atoms with van der Waals surface area (Å²) in [4.78, 5) is 30.5. The van der Waals surface area contributed by atoms with Crippen molar-refractivity contribution in [2.24, 2.45) is 4.99 Å². The predicted octanol–water partition coefficient (Wildman–Crippen LogP) is 2.44. The lowest BCUT2D eigenvalue weighted by molar-refractivity contribution is 0.430. The zero-order valence-corrected chi connectivity index (χ0v) is 14.9. The van der Waals surface area contributed by atoms with E-state index in [1.807, 2.05) is 27.7 Å². The number of hydrogen-bond donors (Lipinski definition) is 2. The van der Waals surface area contributed by atoms with Crippen LogP contribution >= 0.6 is 15.9 Å². The summed E-state index contributed by atoms with van der Waals surface area (Å²) >= 11 is 3.43. The van der Waals surface area contributed by atoms with Gasteiger partial charge in [-0.2, -0.15) is 0 Å². The van der Waals surface area contributed by atoms with Gasteiger partial charge in [0.1, 0.15) is 5.56 Å². The average Bonchev–Trinajstić information content (AvgIpc) is 2.46. The molecule has 0 aliphatic carbocycles. The normalized spacial score (nSPS) is 11.6. The number of H-pyrrole nitrogens is 1. The van der Waals surface area contributed by atoms with Gasteiger partial charge in [-0.3, -0.25) is 14.8 Å². The quantitative estimate of drug-likeness (QED) is 0.802. The highest BCUT2D eigenvalue weighted by Crippen LogP contribution is 2.26. The van der Waals surface area contributed by atoms with Gasteiger partial charge in [0.25, 0.3) is 5.56 Å². The summed E-state index contributed by atoms with van der Waals surface area (Å²) in [6.45, 7) is 7.44. The van der Waals surface area contributed by atoms with Crippen molar-refractivity contribution in [1.29, 1.82) is 0 Å². The molecule has 1 aromatic carbocycles. The van der Waals surface area contributed by atoms with Gasteiger partial charge in [-0.1, -0.05) is 15.9 Å². The van der Waals surface area contributed by atoms with Crippen LogP contribution < -0.4 is 11.2 Å². The van der Waals surface area contributed by atoms with E-state index >= 15 is 0 Å². The monoisotopic (exact) mass is 379 g/mol. The van der Waals surface area contributed by atoms with Crippen LogP contribution in [0.25, 0.3) is 5.69 Å². The standard InChI is InChI=1S/C16H18BrN3O3/c1-8(2)18-7-11-14(21)19-16(23)20(15(11)22)13-6-5-12(17)9(3)10(13)4/h5-8,22H,1-4H3,(H,19,21,23). The molecule has 0 aliphatic rings. The van der Waals surface area contributed by atoms with Crippen molar-refractivity contribution in [3.8, 4) is 11.6 Å². The molecule has 0 saturated carbocycles. The minimum atomic E-state index is -0.695. The Morgan fingerprint density at radius 1 is 1.26 bits per heavy atom. The minimum Gasteiger partial charge on any atom is -0.493 e. The molecule has 122 valence electrons. The molecule has 0 aliphatic heterocycles. The van der Waals surface area contributed by atoms with E-state index in [1.165, 1.54) is 6.21 Å². The molecular weight excluding hydrogens is 362 g/mol. The Morgan fingerprint density at radius 3 is 2.52 bits per heavy atom. The molecule has 6 nitrogen and oxygen atoms in total. The van der Waals surface area contributed by atoms with E-state index in [2.05, 4.69) is 25.9 Å². The summed E-state index contributed by atoms with van der Waals surface area (Å²) in [7, 11) is 0. The van der Waals surface area contributed by atoms with Gasteiger partial charge in [0, 0.05) is 16.7 Å². The van der Waals surface area contributed by atoms with Gasteiger partial charge in [-0.25, -0.2) is 9.36 Å². The molecule has 0 unspecified atom stereocenters. The molecule has 7 heteroatoms. The number of hydrogen-bond acceptors (Lipinski definition) is 4. The first-order valence-corrected chi connectivity index (χ1v) is 7.91. The van der Waals surface area contributed by atoms with Crippen LogP contribution in [0, 0.1) is 13.8 Å². The lowest BCUT2D eigenvalue weighted by Crippen LogP contribution is -2.31. The molecule has 0 spiro atoms. The summed E-state index contributed by atoms with van der Waals surface area (Å²) in [5, 5.41) is 10.4. The van der Waals surface area contributed by atoms with E-state index in [0.29, 0.717) is 5.69 Å². The van der Waals surface area contributed by atoms with Gasteiger partial charge < -0.3 is 5.11 Å². The van der Waals surface area contributed by atoms with Gasteiger partial charge in [0.05, 0.1) is 5.69 Å². The number of aromatic amines is 1. The number of nitrogens with one attached hydrogen (secondary N) is 1. The van der Waals surface area contributed by atoms with Crippen LogP contribution in [0.15, 0.2) is 31.2 Å². The number of rotatable bonds is 3. The Morgan fingerprint density at radius 2 is 1.91 bits per heavy atom. The Hall–Kier alpha value is -2.15. The molecule has 2 N–H and O–H groups in total. The number of aliphatic imine (C=N–C) groups is 1. The van der Waals surface area contributed by atoms with Crippen molar-refractivity contribution >= 4 is 22.1 Å². The van der Waals surface area contributed by atoms with Crippen LogP contribution in [0.3, 0.4) is 0 Å². The molecule has 2 aromatic rings. The summed E-state index contributed by atoms with van der Waals surface area (Å²) in [6, 6.07) is 3.46. The lowest BCUT2D eigenvalue weighted by atomic mass is 10.1. The Kier molecular flexibility index (Phi) is 4.89. The van der Waals surface area contributed by atoms with Gasteiger partial charge in [0.15, 0.2) is 0 Å². The fourth-order valence-corrected chi connectivity index (χ4v) is 2.55. The number of aromatic hydroxyl groups is 1. The van der Waals surface area contributed by atoms with Crippen molar-refractivity contribution in [2.75, 3.05) is 0 Å². The summed E-state index contributed by atoms with van der Waals surface area (Å²) < 4.78 is 1.98. The molecule has 0 bridgehead atoms. The maximum absolute atomic E-state index is 12.2. The molecule has 0 amide bonds. The van der Waals surface area contributed by atoms with Crippen molar-refractivity contribution in [3.63, 3.8) is 0 Å². The Balaban J connectivity index is 2.79. The number of halogens is 1. The second kappa shape index (κ2) is 6.54. The van der Waals surface area contributed by atoms with Crippen LogP contribution in [0.1, 0.15) is 30.5 Å². The largest absolute Gasteiger partial charge is 0.493 e. The second-order valence-corrected chi connectivity index (χ2v) is 6.37. The van der Waals surface area contributed by atoms with E-state index in [-0.39, 0.29) is 11.6 Å². The highest BCUT2D eigenvalue weighted by atomic mass is 79.9. The Bertz CT molecular complexity index is 895. The molecule has 23 heavy (non-hydrogen) atoms. The zero-order valence-electron chi connectivity index (χ0n) is 13.3. The molecule has 0 saturated heterocycles. The van der Waals surface area contributed by atoms with Crippen molar-refractivity contribution in [1.82, 2.24) is 9.55 Å². The average molecular weight is 380 g/mol. The minimum absolute atomic E-state index is 0.0363. The SMILES string of the molecule is Cc1c(Br)ccc(-n2c(O)c(C=NC(C)C)c(=O)[nH]c2=O)c1C. The molecule has 1 aromatic heterocycles. The number of aromatic nitrogens is 2. The van der Waals surface area contributed by atoms with Crippen LogP contribution in [0.4, 0.5) is 0 Å². The van der Waals surface area contributed by atoms with Crippen molar-refractivity contribution < 1.29 is 5.11 Å². The van der Waals surface area contributed by atoms with Gasteiger partial charge in [-0.05, 0) is 51.0 Å². The zero-order chi connectivity index (χ0) is 17.3. The van der Waals surface area contributed by atoms with Gasteiger partial charge in [-0.15, -0.1) is 0 Å². The lowest BCUT2D eigenvalue weighted by Gasteiger charge is -2.14. The van der Waals surface area contributed by atoms with Crippen LogP contribution in [-0.4, -0.2) is 26.9 Å². The molecule has 0 radical (unpaired) electrons.